The van der Waals surface area contributed by atoms with E-state index in [0.29, 0.717) is 0 Å². The van der Waals surface area contributed by atoms with E-state index in [9.17, 15) is 4.79 Å². The monoisotopic (exact) mass is 169 g/mol. The number of halogens is 1. The van der Waals surface area contributed by atoms with Crippen LogP contribution in [0.25, 0.3) is 0 Å². The van der Waals surface area contributed by atoms with Crippen LogP contribution in [0, 0.1) is 0 Å². The van der Waals surface area contributed by atoms with Gasteiger partial charge in [0.25, 0.3) is 0 Å². The third-order valence-corrected chi connectivity index (χ3v) is 1.03. The molecule has 0 aromatic rings. The smallest absolute Gasteiger partial charge is 0.323 e. The lowest BCUT2D eigenvalue weighted by Crippen LogP contribution is -2.48. The Kier molecular flexibility index (Phi) is 4.64. The van der Waals surface area contributed by atoms with Crippen LogP contribution in [-0.4, -0.2) is 27.8 Å². The van der Waals surface area contributed by atoms with E-state index in [2.05, 4.69) is 0 Å². The second kappa shape index (κ2) is 3.75. The van der Waals surface area contributed by atoms with E-state index in [4.69, 9.17) is 15.9 Å². The van der Waals surface area contributed by atoms with Gasteiger partial charge >= 0.3 is 5.97 Å². The lowest BCUT2D eigenvalue weighted by molar-refractivity contribution is -0.143. The van der Waals surface area contributed by atoms with Gasteiger partial charge in [-0.05, 0) is 13.8 Å². The summed E-state index contributed by atoms with van der Waals surface area (Å²) in [5.41, 5.74) is 3.70. The molecule has 0 spiro atoms. The van der Waals surface area contributed by atoms with Gasteiger partial charge in [-0.15, -0.1) is 12.4 Å². The largest absolute Gasteiger partial charge is 0.480 e. The summed E-state index contributed by atoms with van der Waals surface area (Å²) in [6, 6.07) is -1.21. The van der Waals surface area contributed by atoms with E-state index in [1.165, 1.54) is 13.8 Å². The number of carbonyl (C=O) groups is 1. The third kappa shape index (κ3) is 3.66. The zero-order valence-corrected chi connectivity index (χ0v) is 6.68. The molecule has 0 bridgehead atoms. The van der Waals surface area contributed by atoms with Crippen LogP contribution in [0.15, 0.2) is 0 Å². The molecule has 0 fully saturated rings. The Labute approximate surface area is 65.4 Å². The first-order chi connectivity index (χ1) is 3.85. The van der Waals surface area contributed by atoms with E-state index >= 15 is 0 Å². The number of hydrogen-bond donors (Lipinski definition) is 3. The first-order valence-electron chi connectivity index (χ1n) is 2.56. The molecule has 5 heteroatoms. The van der Waals surface area contributed by atoms with Gasteiger partial charge in [-0.2, -0.15) is 0 Å². The summed E-state index contributed by atoms with van der Waals surface area (Å²) in [5.74, 6) is -1.19. The van der Waals surface area contributed by atoms with Crippen LogP contribution in [0.5, 0.6) is 0 Å². The molecule has 0 rings (SSSR count). The summed E-state index contributed by atoms with van der Waals surface area (Å²) in [6.45, 7) is 2.71. The van der Waals surface area contributed by atoms with Crippen molar-refractivity contribution in [3.63, 3.8) is 0 Å². The molecule has 10 heavy (non-hydrogen) atoms. The highest BCUT2D eigenvalue weighted by Crippen LogP contribution is 2.04. The molecule has 0 heterocycles. The van der Waals surface area contributed by atoms with Crippen molar-refractivity contribution >= 4 is 18.4 Å². The molecular weight excluding hydrogens is 158 g/mol. The molecule has 0 aromatic carbocycles. The molecule has 1 atom stereocenters. The fourth-order valence-corrected chi connectivity index (χ4v) is 0.302. The first-order valence-corrected chi connectivity index (χ1v) is 2.56. The van der Waals surface area contributed by atoms with Crippen LogP contribution in [-0.2, 0) is 4.79 Å². The van der Waals surface area contributed by atoms with Crippen LogP contribution in [0.1, 0.15) is 13.8 Å². The van der Waals surface area contributed by atoms with Crippen LogP contribution in [0.3, 0.4) is 0 Å². The van der Waals surface area contributed by atoms with Gasteiger partial charge < -0.3 is 15.9 Å². The van der Waals surface area contributed by atoms with Crippen LogP contribution in [0.4, 0.5) is 0 Å². The quantitative estimate of drug-likeness (QED) is 0.525. The zero-order valence-electron chi connectivity index (χ0n) is 5.87. The second-order valence-corrected chi connectivity index (χ2v) is 2.47. The van der Waals surface area contributed by atoms with E-state index in [1.807, 2.05) is 0 Å². The number of aliphatic hydroxyl groups is 1. The number of carboxylic acid groups (broad SMARTS) is 1. The summed E-state index contributed by atoms with van der Waals surface area (Å²) in [7, 11) is 0. The zero-order chi connectivity index (χ0) is 7.65. The summed E-state index contributed by atoms with van der Waals surface area (Å²) in [6.07, 6.45) is 0. The van der Waals surface area contributed by atoms with E-state index < -0.39 is 17.6 Å². The molecule has 1 unspecified atom stereocenters. The van der Waals surface area contributed by atoms with Crippen LogP contribution >= 0.6 is 12.4 Å². The summed E-state index contributed by atoms with van der Waals surface area (Å²) < 4.78 is 0. The van der Waals surface area contributed by atoms with E-state index in [-0.39, 0.29) is 12.4 Å². The number of rotatable bonds is 2. The Morgan fingerprint density at radius 3 is 1.90 bits per heavy atom. The minimum atomic E-state index is -1.34. The van der Waals surface area contributed by atoms with Crippen molar-refractivity contribution < 1.29 is 15.0 Å². The molecule has 0 saturated carbocycles. The average Bonchev–Trinajstić information content (AvgIpc) is 1.62. The van der Waals surface area contributed by atoms with Gasteiger partial charge in [0.1, 0.15) is 6.04 Å². The normalized spacial score (nSPS) is 13.6. The van der Waals surface area contributed by atoms with Gasteiger partial charge in [0, 0.05) is 0 Å². The highest BCUT2D eigenvalue weighted by Gasteiger charge is 2.28. The Hall–Kier alpha value is -0.320. The molecule has 0 radical (unpaired) electrons. The highest BCUT2D eigenvalue weighted by molar-refractivity contribution is 5.85. The summed E-state index contributed by atoms with van der Waals surface area (Å²) in [4.78, 5) is 10.1. The van der Waals surface area contributed by atoms with Crippen molar-refractivity contribution in [2.75, 3.05) is 0 Å². The van der Waals surface area contributed by atoms with Gasteiger partial charge in [0.2, 0.25) is 0 Å². The maximum absolute atomic E-state index is 10.1. The lowest BCUT2D eigenvalue weighted by atomic mass is 10.0. The Morgan fingerprint density at radius 1 is 1.60 bits per heavy atom. The molecule has 0 saturated heterocycles. The first kappa shape index (κ1) is 12.4. The van der Waals surface area contributed by atoms with Gasteiger partial charge in [0.15, 0.2) is 0 Å². The number of hydrogen-bond acceptors (Lipinski definition) is 3. The Bertz CT molecular complexity index is 121. The molecule has 0 aromatic heterocycles. The Morgan fingerprint density at radius 2 is 1.90 bits per heavy atom. The molecule has 0 aliphatic carbocycles. The van der Waals surface area contributed by atoms with Gasteiger partial charge in [-0.25, -0.2) is 0 Å². The molecule has 0 aliphatic rings. The SMILES string of the molecule is CC(C)(O)C(N)C(=O)O.Cl. The predicted molar refractivity (Wildman–Crippen MR) is 39.2 cm³/mol. The number of carboxylic acids is 1. The minimum absolute atomic E-state index is 0. The van der Waals surface area contributed by atoms with Gasteiger partial charge in [0.05, 0.1) is 5.60 Å². The second-order valence-electron chi connectivity index (χ2n) is 2.47. The lowest BCUT2D eigenvalue weighted by Gasteiger charge is -2.20. The average molecular weight is 170 g/mol. The molecule has 0 amide bonds. The molecule has 62 valence electrons. The third-order valence-electron chi connectivity index (χ3n) is 1.03. The fourth-order valence-electron chi connectivity index (χ4n) is 0.302. The van der Waals surface area contributed by atoms with Crippen LogP contribution in [0.2, 0.25) is 0 Å². The maximum Gasteiger partial charge on any atom is 0.323 e. The highest BCUT2D eigenvalue weighted by atomic mass is 35.5. The van der Waals surface area contributed by atoms with Crippen molar-refractivity contribution in [3.8, 4) is 0 Å². The molecular formula is C5H12ClNO3. The van der Waals surface area contributed by atoms with Crippen molar-refractivity contribution in [3.05, 3.63) is 0 Å². The minimum Gasteiger partial charge on any atom is -0.480 e. The Balaban J connectivity index is 0. The van der Waals surface area contributed by atoms with E-state index in [0.717, 1.165) is 0 Å². The standard InChI is InChI=1S/C5H11NO3.ClH/c1-5(2,9)3(6)4(7)8;/h3,9H,6H2,1-2H3,(H,7,8);1H. The van der Waals surface area contributed by atoms with Crippen molar-refractivity contribution in [2.45, 2.75) is 25.5 Å². The molecule has 4 N–H and O–H groups in total. The van der Waals surface area contributed by atoms with Crippen molar-refractivity contribution in [1.29, 1.82) is 0 Å². The number of aliphatic carboxylic acids is 1. The topological polar surface area (TPSA) is 83.5 Å². The summed E-state index contributed by atoms with van der Waals surface area (Å²) in [5, 5.41) is 17.2. The maximum atomic E-state index is 10.1. The van der Waals surface area contributed by atoms with Gasteiger partial charge in [-0.1, -0.05) is 0 Å². The van der Waals surface area contributed by atoms with Crippen LogP contribution < -0.4 is 5.73 Å². The molecule has 0 aliphatic heterocycles. The van der Waals surface area contributed by atoms with E-state index in [1.54, 1.807) is 0 Å². The van der Waals surface area contributed by atoms with Crippen molar-refractivity contribution in [1.82, 2.24) is 0 Å². The number of nitrogens with two attached hydrogens (primary N) is 1. The molecule has 4 nitrogen and oxygen atoms in total. The predicted octanol–water partition coefficient (Wildman–Crippen LogP) is -0.409. The van der Waals surface area contributed by atoms with Crippen molar-refractivity contribution in [2.24, 2.45) is 5.73 Å². The summed E-state index contributed by atoms with van der Waals surface area (Å²) >= 11 is 0. The fraction of sp³-hybridized carbons (Fsp3) is 0.800. The van der Waals surface area contributed by atoms with Gasteiger partial charge in [-0.3, -0.25) is 4.79 Å².